The number of nitrogens with one attached hydrogen (secondary N) is 2. The summed E-state index contributed by atoms with van der Waals surface area (Å²) in [6.07, 6.45) is 1.68. The highest BCUT2D eigenvalue weighted by Gasteiger charge is 2.10. The van der Waals surface area contributed by atoms with E-state index >= 15 is 0 Å². The van der Waals surface area contributed by atoms with E-state index in [9.17, 15) is 4.79 Å². The third-order valence-corrected chi connectivity index (χ3v) is 2.64. The van der Waals surface area contributed by atoms with Gasteiger partial charge in [-0.3, -0.25) is 14.7 Å². The molecule has 0 aliphatic carbocycles. The Kier molecular flexibility index (Phi) is 3.69. The zero-order valence-electron chi connectivity index (χ0n) is 9.59. The molecule has 0 bridgehead atoms. The van der Waals surface area contributed by atoms with Crippen molar-refractivity contribution in [3.63, 3.8) is 0 Å². The number of H-pyrrole nitrogens is 1. The summed E-state index contributed by atoms with van der Waals surface area (Å²) in [4.78, 5) is 11.9. The monoisotopic (exact) mass is 260 g/mol. The summed E-state index contributed by atoms with van der Waals surface area (Å²) < 4.78 is 2.10. The first-order chi connectivity index (χ1) is 8.72. The van der Waals surface area contributed by atoms with Gasteiger partial charge in [-0.1, -0.05) is 24.3 Å². The maximum absolute atomic E-state index is 11.9. The Labute approximate surface area is 109 Å². The lowest BCUT2D eigenvalue weighted by atomic mass is 10.2. The molecule has 0 saturated heterocycles. The first-order valence-electron chi connectivity index (χ1n) is 5.35. The fourth-order valence-corrected chi connectivity index (χ4v) is 1.68. The van der Waals surface area contributed by atoms with E-state index in [1.165, 1.54) is 0 Å². The molecule has 1 amide bonds. The van der Waals surface area contributed by atoms with Crippen LogP contribution in [0.4, 0.5) is 5.95 Å². The van der Waals surface area contributed by atoms with Crippen molar-refractivity contribution in [2.75, 3.05) is 5.32 Å². The minimum atomic E-state index is -0.227. The van der Waals surface area contributed by atoms with Crippen molar-refractivity contribution in [2.24, 2.45) is 0 Å². The van der Waals surface area contributed by atoms with Crippen LogP contribution in [-0.4, -0.2) is 20.7 Å². The molecule has 2 aromatic rings. The summed E-state index contributed by atoms with van der Waals surface area (Å²) in [5.74, 6) is 0.156. The number of hydrogen-bond donors (Lipinski definition) is 2. The number of aromatic nitrogens is 3. The minimum Gasteiger partial charge on any atom is -0.291 e. The molecule has 0 fully saturated rings. The first-order valence-corrected chi connectivity index (χ1v) is 5.75. The van der Waals surface area contributed by atoms with E-state index in [2.05, 4.69) is 22.1 Å². The molecule has 1 aromatic carbocycles. The number of hydrogen-bond acceptors (Lipinski definition) is 3. The van der Waals surface area contributed by atoms with Gasteiger partial charge in [0.1, 0.15) is 0 Å². The molecule has 5 nitrogen and oxygen atoms in total. The number of carbonyl (C=O) groups excluding carboxylic acids is 1. The van der Waals surface area contributed by atoms with E-state index in [-0.39, 0.29) is 5.91 Å². The van der Waals surface area contributed by atoms with E-state index in [4.69, 9.17) is 12.2 Å². The second-order valence-electron chi connectivity index (χ2n) is 3.57. The average Bonchev–Trinajstić information content (AvgIpc) is 2.73. The number of anilines is 1. The maximum atomic E-state index is 11.9. The smallest absolute Gasteiger partial charge is 0.258 e. The van der Waals surface area contributed by atoms with Crippen LogP contribution >= 0.6 is 12.2 Å². The number of benzene rings is 1. The van der Waals surface area contributed by atoms with Crippen LogP contribution in [0, 0.1) is 4.77 Å². The van der Waals surface area contributed by atoms with E-state index in [1.807, 2.05) is 6.07 Å². The molecule has 1 heterocycles. The van der Waals surface area contributed by atoms with Crippen molar-refractivity contribution in [2.45, 2.75) is 6.54 Å². The van der Waals surface area contributed by atoms with Gasteiger partial charge in [-0.05, 0) is 24.4 Å². The van der Waals surface area contributed by atoms with Gasteiger partial charge in [0, 0.05) is 12.1 Å². The molecule has 0 saturated carbocycles. The van der Waals surface area contributed by atoms with Gasteiger partial charge in [0.2, 0.25) is 5.95 Å². The molecule has 0 radical (unpaired) electrons. The maximum Gasteiger partial charge on any atom is 0.258 e. The Morgan fingerprint density at radius 3 is 2.89 bits per heavy atom. The SMILES string of the molecule is C=CCn1c(NC(=O)c2ccccc2)n[nH]c1=S. The predicted octanol–water partition coefficient (Wildman–Crippen LogP) is 2.38. The number of allylic oxidation sites excluding steroid dienone is 1. The van der Waals surface area contributed by atoms with Crippen LogP contribution in [0.15, 0.2) is 43.0 Å². The molecule has 0 unspecified atom stereocenters. The van der Waals surface area contributed by atoms with Gasteiger partial charge in [0.25, 0.3) is 5.91 Å². The van der Waals surface area contributed by atoms with Gasteiger partial charge in [0.15, 0.2) is 4.77 Å². The second-order valence-corrected chi connectivity index (χ2v) is 3.96. The number of aromatic amines is 1. The van der Waals surface area contributed by atoms with Crippen LogP contribution in [-0.2, 0) is 6.54 Å². The Hall–Kier alpha value is -2.21. The molecule has 6 heteroatoms. The third-order valence-electron chi connectivity index (χ3n) is 2.33. The fourth-order valence-electron chi connectivity index (χ4n) is 1.47. The van der Waals surface area contributed by atoms with E-state index < -0.39 is 0 Å². The zero-order chi connectivity index (χ0) is 13.0. The third kappa shape index (κ3) is 2.54. The molecule has 2 rings (SSSR count). The molecule has 18 heavy (non-hydrogen) atoms. The van der Waals surface area contributed by atoms with Crippen LogP contribution in [0.3, 0.4) is 0 Å². The van der Waals surface area contributed by atoms with Gasteiger partial charge in [-0.25, -0.2) is 5.10 Å². The van der Waals surface area contributed by atoms with Gasteiger partial charge >= 0.3 is 0 Å². The highest BCUT2D eigenvalue weighted by Crippen LogP contribution is 2.07. The fraction of sp³-hybridized carbons (Fsp3) is 0.0833. The summed E-state index contributed by atoms with van der Waals surface area (Å²) in [6.45, 7) is 4.12. The van der Waals surface area contributed by atoms with Crippen LogP contribution < -0.4 is 5.32 Å². The van der Waals surface area contributed by atoms with Crippen molar-refractivity contribution in [1.82, 2.24) is 14.8 Å². The lowest BCUT2D eigenvalue weighted by Crippen LogP contribution is -2.15. The van der Waals surface area contributed by atoms with E-state index in [0.29, 0.717) is 22.8 Å². The average molecular weight is 260 g/mol. The lowest BCUT2D eigenvalue weighted by molar-refractivity contribution is 0.102. The van der Waals surface area contributed by atoms with Gasteiger partial charge < -0.3 is 0 Å². The predicted molar refractivity (Wildman–Crippen MR) is 72.0 cm³/mol. The van der Waals surface area contributed by atoms with Crippen molar-refractivity contribution in [1.29, 1.82) is 0 Å². The van der Waals surface area contributed by atoms with Crippen molar-refractivity contribution in [3.8, 4) is 0 Å². The molecule has 0 aliphatic heterocycles. The quantitative estimate of drug-likeness (QED) is 0.655. The Morgan fingerprint density at radius 2 is 2.22 bits per heavy atom. The van der Waals surface area contributed by atoms with Crippen LogP contribution in [0.2, 0.25) is 0 Å². The van der Waals surface area contributed by atoms with Crippen molar-refractivity contribution >= 4 is 24.1 Å². The zero-order valence-corrected chi connectivity index (χ0v) is 10.4. The molecule has 0 aliphatic rings. The lowest BCUT2D eigenvalue weighted by Gasteiger charge is -2.05. The number of carbonyl (C=O) groups is 1. The Balaban J connectivity index is 2.22. The largest absolute Gasteiger partial charge is 0.291 e. The minimum absolute atomic E-state index is 0.227. The summed E-state index contributed by atoms with van der Waals surface area (Å²) in [5, 5.41) is 9.30. The highest BCUT2D eigenvalue weighted by molar-refractivity contribution is 7.71. The second kappa shape index (κ2) is 5.42. The molecule has 2 N–H and O–H groups in total. The van der Waals surface area contributed by atoms with Gasteiger partial charge in [-0.2, -0.15) is 0 Å². The number of nitrogens with zero attached hydrogens (tertiary/aromatic N) is 2. The van der Waals surface area contributed by atoms with Gasteiger partial charge in [-0.15, -0.1) is 11.7 Å². The van der Waals surface area contributed by atoms with E-state index in [1.54, 1.807) is 34.9 Å². The standard InChI is InChI=1S/C12H12N4OS/c1-2-8-16-11(14-15-12(16)18)13-10(17)9-6-4-3-5-7-9/h2-7H,1,8H2,(H,15,18)(H,13,14,17). The van der Waals surface area contributed by atoms with Crippen molar-refractivity contribution < 1.29 is 4.79 Å². The summed E-state index contributed by atoms with van der Waals surface area (Å²) in [7, 11) is 0. The topological polar surface area (TPSA) is 62.7 Å². The summed E-state index contributed by atoms with van der Waals surface area (Å²) in [6, 6.07) is 8.92. The highest BCUT2D eigenvalue weighted by atomic mass is 32.1. The molecule has 1 aromatic heterocycles. The molecule has 0 spiro atoms. The summed E-state index contributed by atoms with van der Waals surface area (Å²) >= 11 is 5.05. The van der Waals surface area contributed by atoms with Crippen molar-refractivity contribution in [3.05, 3.63) is 53.3 Å². The van der Waals surface area contributed by atoms with Gasteiger partial charge in [0.05, 0.1) is 0 Å². The Morgan fingerprint density at radius 1 is 1.50 bits per heavy atom. The molecule has 0 atom stereocenters. The van der Waals surface area contributed by atoms with Crippen LogP contribution in [0.1, 0.15) is 10.4 Å². The summed E-state index contributed by atoms with van der Waals surface area (Å²) in [5.41, 5.74) is 0.566. The van der Waals surface area contributed by atoms with Crippen LogP contribution in [0.25, 0.3) is 0 Å². The van der Waals surface area contributed by atoms with Crippen LogP contribution in [0.5, 0.6) is 0 Å². The molecular weight excluding hydrogens is 248 g/mol. The van der Waals surface area contributed by atoms with E-state index in [0.717, 1.165) is 0 Å². The number of rotatable bonds is 4. The molecule has 92 valence electrons. The number of amides is 1. The first kappa shape index (κ1) is 12.3. The normalized spacial score (nSPS) is 10.0. The Bertz CT molecular complexity index is 615. The molecular formula is C12H12N4OS.